The summed E-state index contributed by atoms with van der Waals surface area (Å²) in [5.41, 5.74) is 5.33. The largest absolute Gasteiger partial charge is 0.550 e. The number of carbonyl (C=O) groups is 6. The van der Waals surface area contributed by atoms with Crippen LogP contribution in [0.15, 0.2) is 97.6 Å². The Morgan fingerprint density at radius 2 is 1.05 bits per heavy atom. The van der Waals surface area contributed by atoms with Crippen molar-refractivity contribution in [1.82, 2.24) is 5.32 Å². The van der Waals surface area contributed by atoms with E-state index in [1.54, 1.807) is 46.1 Å². The maximum Gasteiger partial charge on any atom is 0.286 e. The number of aliphatic hydroxyl groups excluding tert-OH is 2. The molecule has 6 unspecified atom stereocenters. The van der Waals surface area contributed by atoms with E-state index in [2.05, 4.69) is 5.32 Å². The Morgan fingerprint density at radius 3 is 1.45 bits per heavy atom. The van der Waals surface area contributed by atoms with E-state index >= 15 is 0 Å². The van der Waals surface area contributed by atoms with E-state index in [1.807, 2.05) is 94.8 Å². The number of pyridine rings is 2. The van der Waals surface area contributed by atoms with Crippen molar-refractivity contribution in [2.75, 3.05) is 34.4 Å². The van der Waals surface area contributed by atoms with Crippen molar-refractivity contribution >= 4 is 92.5 Å². The van der Waals surface area contributed by atoms with Crippen LogP contribution < -0.4 is 34.5 Å². The molecule has 6 rings (SSSR count). The van der Waals surface area contributed by atoms with Gasteiger partial charge in [-0.1, -0.05) is 70.2 Å². The van der Waals surface area contributed by atoms with E-state index in [1.165, 1.54) is 13.8 Å². The maximum absolute atomic E-state index is 12.9. The van der Waals surface area contributed by atoms with Crippen molar-refractivity contribution in [3.8, 4) is 0 Å². The number of nitrogens with one attached hydrogen (secondary N) is 1. The molecule has 66 heavy (non-hydrogen) atoms. The van der Waals surface area contributed by atoms with Crippen LogP contribution in [0.5, 0.6) is 0 Å². The van der Waals surface area contributed by atoms with Crippen LogP contribution in [0.4, 0.5) is 11.4 Å². The van der Waals surface area contributed by atoms with Crippen molar-refractivity contribution in [2.24, 2.45) is 5.92 Å². The van der Waals surface area contributed by atoms with E-state index in [4.69, 9.17) is 0 Å². The van der Waals surface area contributed by atoms with Crippen LogP contribution in [0.25, 0.3) is 24.3 Å². The molecule has 4 aromatic rings. The highest BCUT2D eigenvalue weighted by atomic mass is 33.1. The molecule has 2 aliphatic heterocycles. The molecule has 15 nitrogen and oxygen atoms in total. The second-order valence-corrected chi connectivity index (χ2v) is 19.1. The lowest BCUT2D eigenvalue weighted by Crippen LogP contribution is -2.52. The van der Waals surface area contributed by atoms with Crippen molar-refractivity contribution in [1.29, 1.82) is 0 Å². The van der Waals surface area contributed by atoms with Crippen LogP contribution in [0.3, 0.4) is 0 Å². The Bertz CT molecular complexity index is 2240. The molecule has 2 aromatic heterocycles. The second kappa shape index (κ2) is 23.4. The zero-order valence-electron chi connectivity index (χ0n) is 36.6. The van der Waals surface area contributed by atoms with E-state index in [9.17, 15) is 49.2 Å². The zero-order chi connectivity index (χ0) is 47.3. The van der Waals surface area contributed by atoms with Crippen LogP contribution in [0.2, 0.25) is 0 Å². The highest BCUT2D eigenvalue weighted by Crippen LogP contribution is 2.29. The highest BCUT2D eigenvalue weighted by molar-refractivity contribution is 8.76. The monoisotopic (exact) mass is 935 g/mol. The minimum atomic E-state index is -1.49. The van der Waals surface area contributed by atoms with Gasteiger partial charge in [0.2, 0.25) is 13.1 Å². The lowest BCUT2D eigenvalue weighted by atomic mass is 10.0. The Balaban J connectivity index is 0.898. The lowest BCUT2D eigenvalue weighted by molar-refractivity contribution is -0.684. The fraction of sp³-hybridized carbons (Fsp3) is 0.347. The number of ketones is 3. The predicted octanol–water partition coefficient (Wildman–Crippen LogP) is 1.30. The molecule has 6 atom stereocenters. The summed E-state index contributed by atoms with van der Waals surface area (Å²) >= 11 is 0. The van der Waals surface area contributed by atoms with Gasteiger partial charge in [0.1, 0.15) is 0 Å². The number of anilines is 2. The summed E-state index contributed by atoms with van der Waals surface area (Å²) < 4.78 is 3.24. The van der Waals surface area contributed by atoms with Crippen LogP contribution in [0.1, 0.15) is 55.4 Å². The molecule has 4 heterocycles. The molecule has 0 saturated carbocycles. The van der Waals surface area contributed by atoms with Crippen LogP contribution in [-0.4, -0.2) is 100 Å². The number of aromatic nitrogens is 2. The molecule has 0 aliphatic carbocycles. The number of β-amino-alcohol motifs (C(OH)–C–C–N with tert-alkyl or cyclic N) is 2. The summed E-state index contributed by atoms with van der Waals surface area (Å²) in [5, 5.41) is 46.4. The summed E-state index contributed by atoms with van der Waals surface area (Å²) in [7, 11) is 2.11. The first kappa shape index (κ1) is 49.3. The number of carboxylic acid groups (broad SMARTS) is 2. The van der Waals surface area contributed by atoms with Gasteiger partial charge in [0, 0.05) is 91.4 Å². The van der Waals surface area contributed by atoms with Gasteiger partial charge in [0.25, 0.3) is 5.91 Å². The number of aliphatic hydroxyl groups is 2. The minimum Gasteiger partial charge on any atom is -0.550 e. The van der Waals surface area contributed by atoms with Gasteiger partial charge in [-0.25, -0.2) is 0 Å². The van der Waals surface area contributed by atoms with Gasteiger partial charge in [-0.15, -0.1) is 0 Å². The summed E-state index contributed by atoms with van der Waals surface area (Å²) in [6, 6.07) is 20.6. The standard InChI is InChI=1S/C49H53N5O10S2/c1-32(55)45-24-42(58)27-53(45)39-11-7-34(8-12-39)3-5-36-15-19-51(20-16-36)26-41(57)23-38(48(61)62)30-65-66-31-44(49(63)64)50-47(60)29-52-21-17-37(18-22-52)6-4-35-9-13-40(14-10-35)54-28-43(59)25-46(54)33(2)56/h3-22,38,42-46,58-59H,23-31H2,1-2H3,(H-2,50,60,61,62,63,64). The minimum absolute atomic E-state index is 0.0184. The maximum atomic E-state index is 12.9. The number of amides is 1. The molecule has 2 aromatic carbocycles. The van der Waals surface area contributed by atoms with Crippen molar-refractivity contribution in [3.63, 3.8) is 0 Å². The number of aliphatic carboxylic acids is 2. The second-order valence-electron chi connectivity index (χ2n) is 16.6. The van der Waals surface area contributed by atoms with Gasteiger partial charge in [-0.3, -0.25) is 19.2 Å². The average Bonchev–Trinajstić information content (AvgIpc) is 3.89. The molecule has 346 valence electrons. The summed E-state index contributed by atoms with van der Waals surface area (Å²) in [4.78, 5) is 77.3. The van der Waals surface area contributed by atoms with Crippen molar-refractivity contribution in [2.45, 2.75) is 76.5 Å². The first-order chi connectivity index (χ1) is 31.6. The molecular formula is C49H53N5O10S2. The van der Waals surface area contributed by atoms with Crippen LogP contribution in [-0.2, 0) is 41.9 Å². The number of nitrogens with zero attached hydrogens (tertiary/aromatic N) is 4. The van der Waals surface area contributed by atoms with E-state index < -0.39 is 42.0 Å². The molecule has 3 N–H and O–H groups in total. The summed E-state index contributed by atoms with van der Waals surface area (Å²) in [6.45, 7) is 3.67. The number of carbonyl (C=O) groups excluding carboxylic acids is 6. The topological polar surface area (TPSA) is 215 Å². The zero-order valence-corrected chi connectivity index (χ0v) is 38.3. The molecule has 0 spiro atoms. The molecule has 2 saturated heterocycles. The number of hydrogen-bond acceptors (Lipinski definition) is 14. The Kier molecular flexibility index (Phi) is 17.4. The fourth-order valence-electron chi connectivity index (χ4n) is 7.85. The molecule has 2 aliphatic rings. The third-order valence-electron chi connectivity index (χ3n) is 11.4. The highest BCUT2D eigenvalue weighted by Gasteiger charge is 2.35. The van der Waals surface area contributed by atoms with Crippen molar-refractivity contribution < 1.29 is 58.3 Å². The lowest BCUT2D eigenvalue weighted by Gasteiger charge is -2.24. The number of rotatable bonds is 22. The number of benzene rings is 2. The molecule has 0 radical (unpaired) electrons. The molecular weight excluding hydrogens is 883 g/mol. The van der Waals surface area contributed by atoms with E-state index in [-0.39, 0.29) is 60.4 Å². The molecule has 0 bridgehead atoms. The SMILES string of the molecule is CC(=O)C1CC(O)CN1c1ccc(/C=C/c2cc[n+](CC(=O)CC(CSSCC(NC(=O)C[n+]3ccc(/C=C/c4ccc(N5CC(O)CC5C(C)=O)cc4)cc3)C(=O)[O-])C(=O)[O-])cc2)cc1. The van der Waals surface area contributed by atoms with Crippen LogP contribution >= 0.6 is 21.6 Å². The van der Waals surface area contributed by atoms with Gasteiger partial charge in [0.05, 0.1) is 36.3 Å². The van der Waals surface area contributed by atoms with E-state index in [0.29, 0.717) is 25.9 Å². The average molecular weight is 936 g/mol. The van der Waals surface area contributed by atoms with Crippen LogP contribution in [0, 0.1) is 5.92 Å². The van der Waals surface area contributed by atoms with Gasteiger partial charge in [0.15, 0.2) is 42.1 Å². The Morgan fingerprint density at radius 1 is 0.636 bits per heavy atom. The molecule has 17 heteroatoms. The van der Waals surface area contributed by atoms with Gasteiger partial charge < -0.3 is 45.1 Å². The van der Waals surface area contributed by atoms with Gasteiger partial charge in [-0.2, -0.15) is 9.13 Å². The summed E-state index contributed by atoms with van der Waals surface area (Å²) in [5.74, 6) is -4.97. The molecule has 2 fully saturated rings. The number of Topliss-reactive ketones (excluding diaryl/α,β-unsaturated/α-hetero) is 3. The quantitative estimate of drug-likeness (QED) is 0.0576. The third-order valence-corrected chi connectivity index (χ3v) is 13.9. The van der Waals surface area contributed by atoms with Gasteiger partial charge >= 0.3 is 0 Å². The predicted molar refractivity (Wildman–Crippen MR) is 249 cm³/mol. The Hall–Kier alpha value is -6.14. The normalized spacial score (nSPS) is 19.3. The smallest absolute Gasteiger partial charge is 0.286 e. The number of carboxylic acids is 2. The van der Waals surface area contributed by atoms with E-state index in [0.717, 1.165) is 55.2 Å². The molecule has 1 amide bonds. The summed E-state index contributed by atoms with van der Waals surface area (Å²) in [6.07, 6.45) is 14.0. The number of hydrogen-bond donors (Lipinski definition) is 3. The third kappa shape index (κ3) is 14.2. The fourth-order valence-corrected chi connectivity index (χ4v) is 10.3. The van der Waals surface area contributed by atoms with Crippen molar-refractivity contribution in [3.05, 3.63) is 120 Å². The first-order valence-electron chi connectivity index (χ1n) is 21.5. The van der Waals surface area contributed by atoms with Gasteiger partial charge in [-0.05, 0) is 60.4 Å². The Labute approximate surface area is 391 Å². The first-order valence-corrected chi connectivity index (χ1v) is 24.0.